The second-order valence-electron chi connectivity index (χ2n) is 12.0. The van der Waals surface area contributed by atoms with Crippen molar-refractivity contribution in [3.8, 4) is 0 Å². The lowest BCUT2D eigenvalue weighted by molar-refractivity contribution is -0.265. The van der Waals surface area contributed by atoms with Gasteiger partial charge in [-0.05, 0) is 84.9 Å². The van der Waals surface area contributed by atoms with Crippen LogP contribution in [0.25, 0.3) is 0 Å². The zero-order chi connectivity index (χ0) is 16.7. The maximum atomic E-state index is 7.19. The summed E-state index contributed by atoms with van der Waals surface area (Å²) in [6.07, 6.45) is 8.29. The van der Waals surface area contributed by atoms with E-state index in [4.69, 9.17) is 14.2 Å². The van der Waals surface area contributed by atoms with E-state index in [2.05, 4.69) is 6.92 Å². The summed E-state index contributed by atoms with van der Waals surface area (Å²) in [5, 5.41) is 0. The Hall–Kier alpha value is -0.120. The van der Waals surface area contributed by atoms with Gasteiger partial charge in [-0.25, -0.2) is 0 Å². The molecule has 2 saturated heterocycles. The Bertz CT molecular complexity index is 748. The fourth-order valence-corrected chi connectivity index (χ4v) is 13.1. The lowest BCUT2D eigenvalue weighted by Gasteiger charge is -2.62. The van der Waals surface area contributed by atoms with Crippen LogP contribution in [0.2, 0.25) is 0 Å². The van der Waals surface area contributed by atoms with Gasteiger partial charge in [-0.2, -0.15) is 0 Å². The second-order valence-corrected chi connectivity index (χ2v) is 12.0. The predicted molar refractivity (Wildman–Crippen MR) is 92.9 cm³/mol. The molecule has 26 heavy (non-hydrogen) atoms. The molecule has 0 amide bonds. The number of rotatable bonds is 1. The summed E-state index contributed by atoms with van der Waals surface area (Å²) in [6, 6.07) is 0. The Kier molecular flexibility index (Phi) is 1.99. The van der Waals surface area contributed by atoms with Crippen molar-refractivity contribution in [1.82, 2.24) is 0 Å². The standard InChI is InChI=1S/C23H30O3/c1-22-17-8-3-5-10-14(8)20-15(17)16-18-9-4-6-11(13(9)19(16)22)26-21(22)23(18,20)7-12(24-2)25-10/h8-21H,3-7H2,1-2H3/t8-,9-,10-,11-,12-,13-,14-,15-,16+,17-,18+,19+,20-,21-,22+,23+/m1/s1. The molecule has 140 valence electrons. The van der Waals surface area contributed by atoms with Crippen molar-refractivity contribution >= 4 is 0 Å². The molecule has 10 rings (SSSR count). The van der Waals surface area contributed by atoms with Gasteiger partial charge < -0.3 is 14.2 Å². The van der Waals surface area contributed by atoms with Crippen molar-refractivity contribution in [3.63, 3.8) is 0 Å². The van der Waals surface area contributed by atoms with Crippen LogP contribution in [0.1, 0.15) is 39.0 Å². The quantitative estimate of drug-likeness (QED) is 0.723. The maximum Gasteiger partial charge on any atom is 0.158 e. The normalized spacial score (nSPS) is 80.1. The van der Waals surface area contributed by atoms with Crippen LogP contribution in [-0.4, -0.2) is 31.7 Å². The first kappa shape index (κ1) is 14.0. The lowest BCUT2D eigenvalue weighted by atomic mass is 9.48. The van der Waals surface area contributed by atoms with Crippen molar-refractivity contribution in [3.05, 3.63) is 0 Å². The monoisotopic (exact) mass is 354 g/mol. The average Bonchev–Trinajstić information content (AvgIpc) is 3.34. The highest BCUT2D eigenvalue weighted by Gasteiger charge is 2.93. The van der Waals surface area contributed by atoms with E-state index in [1.165, 1.54) is 25.7 Å². The summed E-state index contributed by atoms with van der Waals surface area (Å²) in [6.45, 7) is 2.72. The molecule has 0 unspecified atom stereocenters. The van der Waals surface area contributed by atoms with Crippen molar-refractivity contribution in [2.24, 2.45) is 70.0 Å². The molecule has 0 aromatic rings. The zero-order valence-electron chi connectivity index (χ0n) is 15.8. The third-order valence-corrected chi connectivity index (χ3v) is 12.4. The molecule has 2 aliphatic heterocycles. The highest BCUT2D eigenvalue weighted by molar-refractivity contribution is 5.40. The number of methoxy groups -OCH3 is 1. The highest BCUT2D eigenvalue weighted by Crippen LogP contribution is 2.93. The molecule has 1 spiro atoms. The van der Waals surface area contributed by atoms with Gasteiger partial charge in [0.05, 0.1) is 18.3 Å². The van der Waals surface area contributed by atoms with Crippen LogP contribution in [0, 0.1) is 70.0 Å². The van der Waals surface area contributed by atoms with Crippen molar-refractivity contribution < 1.29 is 14.2 Å². The van der Waals surface area contributed by atoms with E-state index >= 15 is 0 Å². The third kappa shape index (κ3) is 0.981. The first-order valence-corrected chi connectivity index (χ1v) is 11.5. The van der Waals surface area contributed by atoms with Gasteiger partial charge in [-0.1, -0.05) is 6.92 Å². The van der Waals surface area contributed by atoms with Crippen molar-refractivity contribution in [1.29, 1.82) is 0 Å². The van der Waals surface area contributed by atoms with Gasteiger partial charge in [0.25, 0.3) is 0 Å². The highest BCUT2D eigenvalue weighted by atomic mass is 16.7. The molecule has 3 nitrogen and oxygen atoms in total. The van der Waals surface area contributed by atoms with E-state index in [9.17, 15) is 0 Å². The average molecular weight is 354 g/mol. The molecule has 10 aliphatic rings. The summed E-state index contributed by atoms with van der Waals surface area (Å²) in [4.78, 5) is 0. The Balaban J connectivity index is 1.39. The first-order valence-electron chi connectivity index (χ1n) is 11.5. The van der Waals surface area contributed by atoms with Crippen LogP contribution in [0.3, 0.4) is 0 Å². The SMILES string of the molecule is CO[C@H]1C[C@]23[C@H]4[C@@H]5[C@@H]6[C@@H]7[C@@H]8[C@@H](CC[C@H]8O[C@@H]2[C@@]7(C)[C@@H]5[C@@H]2CC[C@@H](O1)[C@@H]24)[C@@H]63. The molecule has 8 aliphatic carbocycles. The number of hydrogen-bond donors (Lipinski definition) is 0. The largest absolute Gasteiger partial charge is 0.373 e. The van der Waals surface area contributed by atoms with Crippen LogP contribution in [0.15, 0.2) is 0 Å². The molecule has 0 N–H and O–H groups in total. The summed E-state index contributed by atoms with van der Waals surface area (Å²) >= 11 is 0. The van der Waals surface area contributed by atoms with E-state index in [1.807, 2.05) is 7.11 Å². The Morgan fingerprint density at radius 3 is 2.27 bits per heavy atom. The topological polar surface area (TPSA) is 27.7 Å². The zero-order valence-corrected chi connectivity index (χ0v) is 15.8. The molecule has 0 aromatic heterocycles. The molecule has 3 heteroatoms. The fraction of sp³-hybridized carbons (Fsp3) is 1.00. The van der Waals surface area contributed by atoms with Crippen LogP contribution < -0.4 is 0 Å². The van der Waals surface area contributed by atoms with Gasteiger partial charge in [-0.3, -0.25) is 0 Å². The molecule has 16 atom stereocenters. The minimum atomic E-state index is 0.0166. The molecule has 8 saturated carbocycles. The van der Waals surface area contributed by atoms with Gasteiger partial charge in [0.15, 0.2) is 6.29 Å². The predicted octanol–water partition coefficient (Wildman–Crippen LogP) is 3.33. The van der Waals surface area contributed by atoms with Crippen molar-refractivity contribution in [2.45, 2.75) is 63.6 Å². The van der Waals surface area contributed by atoms with E-state index < -0.39 is 0 Å². The van der Waals surface area contributed by atoms with Crippen molar-refractivity contribution in [2.75, 3.05) is 7.11 Å². The Labute approximate surface area is 155 Å². The van der Waals surface area contributed by atoms with E-state index in [-0.39, 0.29) is 6.29 Å². The van der Waals surface area contributed by atoms with Gasteiger partial charge in [0.2, 0.25) is 0 Å². The Morgan fingerprint density at radius 1 is 0.769 bits per heavy atom. The minimum absolute atomic E-state index is 0.0166. The fourth-order valence-electron chi connectivity index (χ4n) is 13.1. The molecule has 2 heterocycles. The summed E-state index contributed by atoms with van der Waals surface area (Å²) < 4.78 is 19.8. The smallest absolute Gasteiger partial charge is 0.158 e. The van der Waals surface area contributed by atoms with Crippen LogP contribution in [0.4, 0.5) is 0 Å². The maximum absolute atomic E-state index is 7.19. The van der Waals surface area contributed by atoms with E-state index in [0.29, 0.717) is 29.1 Å². The van der Waals surface area contributed by atoms with Crippen LogP contribution in [-0.2, 0) is 14.2 Å². The molecular weight excluding hydrogens is 324 g/mol. The molecule has 0 aromatic carbocycles. The van der Waals surface area contributed by atoms with Gasteiger partial charge >= 0.3 is 0 Å². The third-order valence-electron chi connectivity index (χ3n) is 12.4. The first-order chi connectivity index (χ1) is 12.7. The van der Waals surface area contributed by atoms with Gasteiger partial charge in [-0.15, -0.1) is 0 Å². The summed E-state index contributed by atoms with van der Waals surface area (Å²) in [7, 11) is 1.89. The van der Waals surface area contributed by atoms with Crippen LogP contribution >= 0.6 is 0 Å². The van der Waals surface area contributed by atoms with Gasteiger partial charge in [0.1, 0.15) is 0 Å². The Morgan fingerprint density at radius 2 is 1.46 bits per heavy atom. The summed E-state index contributed by atoms with van der Waals surface area (Å²) in [5.74, 6) is 9.56. The molecule has 0 radical (unpaired) electrons. The minimum Gasteiger partial charge on any atom is -0.373 e. The van der Waals surface area contributed by atoms with E-state index in [0.717, 1.165) is 65.6 Å². The number of hydrogen-bond acceptors (Lipinski definition) is 3. The molecular formula is C23H30O3. The lowest BCUT2D eigenvalue weighted by Crippen LogP contribution is -2.64. The second kappa shape index (κ2) is 3.71. The molecule has 10 fully saturated rings. The van der Waals surface area contributed by atoms with Crippen LogP contribution in [0.5, 0.6) is 0 Å². The summed E-state index contributed by atoms with van der Waals surface area (Å²) in [5.41, 5.74) is 0.872. The molecule has 9 bridgehead atoms. The number of ether oxygens (including phenoxy) is 3. The van der Waals surface area contributed by atoms with E-state index in [1.54, 1.807) is 0 Å². The van der Waals surface area contributed by atoms with Gasteiger partial charge in [0, 0.05) is 24.4 Å².